The first-order valence-electron chi connectivity index (χ1n) is 4.93. The summed E-state index contributed by atoms with van der Waals surface area (Å²) in [6, 6.07) is 0.559. The Bertz CT molecular complexity index is 135. The Balaban J connectivity index is 2.04. The molecule has 1 aliphatic rings. The standard InChI is InChI=1S/C10H21NO/c1-8(6-9-4-5-9)11-7-10(2,3)12/h8-9,11-12H,4-7H2,1-3H3. The molecule has 0 bridgehead atoms. The van der Waals surface area contributed by atoms with Crippen molar-refractivity contribution in [3.63, 3.8) is 0 Å². The maximum absolute atomic E-state index is 9.45. The van der Waals surface area contributed by atoms with E-state index in [4.69, 9.17) is 0 Å². The average molecular weight is 171 g/mol. The molecule has 2 nitrogen and oxygen atoms in total. The van der Waals surface area contributed by atoms with Crippen LogP contribution in [0.4, 0.5) is 0 Å². The van der Waals surface area contributed by atoms with Crippen LogP contribution < -0.4 is 5.32 Å². The van der Waals surface area contributed by atoms with Crippen molar-refractivity contribution >= 4 is 0 Å². The van der Waals surface area contributed by atoms with Gasteiger partial charge < -0.3 is 10.4 Å². The molecule has 2 heteroatoms. The normalized spacial score (nSPS) is 21.0. The lowest BCUT2D eigenvalue weighted by atomic mass is 10.1. The second-order valence-electron chi connectivity index (χ2n) is 4.77. The van der Waals surface area contributed by atoms with Crippen LogP contribution in [0.15, 0.2) is 0 Å². The molecule has 72 valence electrons. The SMILES string of the molecule is CC(CC1CC1)NCC(C)(C)O. The van der Waals surface area contributed by atoms with Gasteiger partial charge in [-0.3, -0.25) is 0 Å². The van der Waals surface area contributed by atoms with Crippen molar-refractivity contribution in [2.75, 3.05) is 6.54 Å². The van der Waals surface area contributed by atoms with Gasteiger partial charge in [-0.2, -0.15) is 0 Å². The van der Waals surface area contributed by atoms with Gasteiger partial charge in [-0.05, 0) is 33.1 Å². The summed E-state index contributed by atoms with van der Waals surface area (Å²) < 4.78 is 0. The van der Waals surface area contributed by atoms with Crippen LogP contribution in [-0.2, 0) is 0 Å². The van der Waals surface area contributed by atoms with Crippen LogP contribution in [0.1, 0.15) is 40.0 Å². The highest BCUT2D eigenvalue weighted by Crippen LogP contribution is 2.33. The molecule has 0 radical (unpaired) electrons. The minimum Gasteiger partial charge on any atom is -0.389 e. The van der Waals surface area contributed by atoms with Gasteiger partial charge in [0, 0.05) is 12.6 Å². The fraction of sp³-hybridized carbons (Fsp3) is 1.00. The first-order valence-corrected chi connectivity index (χ1v) is 4.93. The minimum atomic E-state index is -0.572. The molecule has 0 heterocycles. The summed E-state index contributed by atoms with van der Waals surface area (Å²) in [6.07, 6.45) is 4.10. The topological polar surface area (TPSA) is 32.3 Å². The molecule has 0 aromatic rings. The molecule has 12 heavy (non-hydrogen) atoms. The van der Waals surface area contributed by atoms with Crippen LogP contribution in [0.3, 0.4) is 0 Å². The van der Waals surface area contributed by atoms with Crippen molar-refractivity contribution in [1.29, 1.82) is 0 Å². The smallest absolute Gasteiger partial charge is 0.0715 e. The Morgan fingerprint density at radius 2 is 2.08 bits per heavy atom. The molecule has 1 unspecified atom stereocenters. The summed E-state index contributed by atoms with van der Waals surface area (Å²) in [5.41, 5.74) is -0.572. The van der Waals surface area contributed by atoms with Crippen LogP contribution in [0.25, 0.3) is 0 Å². The average Bonchev–Trinajstić information content (AvgIpc) is 2.66. The van der Waals surface area contributed by atoms with E-state index in [0.29, 0.717) is 12.6 Å². The molecule has 1 atom stereocenters. The van der Waals surface area contributed by atoms with Crippen molar-refractivity contribution in [3.8, 4) is 0 Å². The van der Waals surface area contributed by atoms with Crippen LogP contribution >= 0.6 is 0 Å². The second-order valence-corrected chi connectivity index (χ2v) is 4.77. The van der Waals surface area contributed by atoms with E-state index in [1.165, 1.54) is 19.3 Å². The highest BCUT2D eigenvalue weighted by molar-refractivity contribution is 4.79. The van der Waals surface area contributed by atoms with Gasteiger partial charge in [0.15, 0.2) is 0 Å². The number of hydrogen-bond donors (Lipinski definition) is 2. The molecule has 2 N–H and O–H groups in total. The molecule has 0 amide bonds. The highest BCUT2D eigenvalue weighted by Gasteiger charge is 2.24. The van der Waals surface area contributed by atoms with Gasteiger partial charge >= 0.3 is 0 Å². The number of rotatable bonds is 5. The Labute approximate surface area is 75.4 Å². The maximum Gasteiger partial charge on any atom is 0.0715 e. The molecular weight excluding hydrogens is 150 g/mol. The molecule has 1 aliphatic carbocycles. The molecule has 0 aliphatic heterocycles. The van der Waals surface area contributed by atoms with Crippen LogP contribution in [0.5, 0.6) is 0 Å². The van der Waals surface area contributed by atoms with E-state index in [1.54, 1.807) is 0 Å². The van der Waals surface area contributed by atoms with Crippen LogP contribution in [0, 0.1) is 5.92 Å². The summed E-state index contributed by atoms with van der Waals surface area (Å²) >= 11 is 0. The monoisotopic (exact) mass is 171 g/mol. The minimum absolute atomic E-state index is 0.559. The zero-order valence-corrected chi connectivity index (χ0v) is 8.43. The molecule has 1 fully saturated rings. The number of nitrogens with one attached hydrogen (secondary N) is 1. The zero-order chi connectivity index (χ0) is 9.19. The Hall–Kier alpha value is -0.0800. The van der Waals surface area contributed by atoms with E-state index in [-0.39, 0.29) is 0 Å². The van der Waals surface area contributed by atoms with E-state index in [9.17, 15) is 5.11 Å². The van der Waals surface area contributed by atoms with Crippen molar-refractivity contribution in [3.05, 3.63) is 0 Å². The number of aliphatic hydroxyl groups is 1. The van der Waals surface area contributed by atoms with Gasteiger partial charge in [0.1, 0.15) is 0 Å². The molecule has 1 rings (SSSR count). The van der Waals surface area contributed by atoms with Crippen molar-refractivity contribution in [1.82, 2.24) is 5.32 Å². The van der Waals surface area contributed by atoms with Crippen molar-refractivity contribution in [2.24, 2.45) is 5.92 Å². The molecule has 0 aromatic heterocycles. The quantitative estimate of drug-likeness (QED) is 0.657. The van der Waals surface area contributed by atoms with Gasteiger partial charge in [0.25, 0.3) is 0 Å². The van der Waals surface area contributed by atoms with Gasteiger partial charge in [-0.15, -0.1) is 0 Å². The molecular formula is C10H21NO. The summed E-state index contributed by atoms with van der Waals surface area (Å²) in [7, 11) is 0. The highest BCUT2D eigenvalue weighted by atomic mass is 16.3. The van der Waals surface area contributed by atoms with Crippen LogP contribution in [-0.4, -0.2) is 23.3 Å². The molecule has 0 aromatic carbocycles. The fourth-order valence-electron chi connectivity index (χ4n) is 1.36. The molecule has 1 saturated carbocycles. The molecule has 0 spiro atoms. The summed E-state index contributed by atoms with van der Waals surface area (Å²) in [6.45, 7) is 6.57. The summed E-state index contributed by atoms with van der Waals surface area (Å²) in [5.74, 6) is 0.967. The largest absolute Gasteiger partial charge is 0.389 e. The van der Waals surface area contributed by atoms with E-state index in [2.05, 4.69) is 12.2 Å². The lowest BCUT2D eigenvalue weighted by Gasteiger charge is -2.21. The Kier molecular flexibility index (Phi) is 3.13. The lowest BCUT2D eigenvalue weighted by Crippen LogP contribution is -2.39. The van der Waals surface area contributed by atoms with E-state index < -0.39 is 5.60 Å². The van der Waals surface area contributed by atoms with E-state index >= 15 is 0 Å². The van der Waals surface area contributed by atoms with Gasteiger partial charge in [0.05, 0.1) is 5.60 Å². The van der Waals surface area contributed by atoms with Crippen molar-refractivity contribution in [2.45, 2.75) is 51.7 Å². The fourth-order valence-corrected chi connectivity index (χ4v) is 1.36. The lowest BCUT2D eigenvalue weighted by molar-refractivity contribution is 0.0765. The number of hydrogen-bond acceptors (Lipinski definition) is 2. The first-order chi connectivity index (χ1) is 5.47. The van der Waals surface area contributed by atoms with E-state index in [0.717, 1.165) is 5.92 Å². The first kappa shape index (κ1) is 10.0. The predicted molar refractivity (Wildman–Crippen MR) is 51.1 cm³/mol. The predicted octanol–water partition coefficient (Wildman–Crippen LogP) is 1.54. The Morgan fingerprint density at radius 1 is 1.50 bits per heavy atom. The van der Waals surface area contributed by atoms with E-state index in [1.807, 2.05) is 13.8 Å². The maximum atomic E-state index is 9.45. The van der Waals surface area contributed by atoms with Crippen LogP contribution in [0.2, 0.25) is 0 Å². The third-order valence-electron chi connectivity index (χ3n) is 2.27. The van der Waals surface area contributed by atoms with Gasteiger partial charge in [-0.25, -0.2) is 0 Å². The second kappa shape index (κ2) is 3.75. The van der Waals surface area contributed by atoms with Crippen molar-refractivity contribution < 1.29 is 5.11 Å². The third-order valence-corrected chi connectivity index (χ3v) is 2.27. The zero-order valence-electron chi connectivity index (χ0n) is 8.43. The summed E-state index contributed by atoms with van der Waals surface area (Å²) in [4.78, 5) is 0. The summed E-state index contributed by atoms with van der Waals surface area (Å²) in [5, 5.41) is 12.8. The van der Waals surface area contributed by atoms with Gasteiger partial charge in [-0.1, -0.05) is 12.8 Å². The third kappa shape index (κ3) is 4.73. The molecule has 0 saturated heterocycles. The Morgan fingerprint density at radius 3 is 2.50 bits per heavy atom. The van der Waals surface area contributed by atoms with Gasteiger partial charge in [0.2, 0.25) is 0 Å².